The molecule has 1 aromatic heterocycles. The number of nitrogens with one attached hydrogen (secondary N) is 2. The largest absolute Gasteiger partial charge is 0.444 e. The fraction of sp³-hybridized carbons (Fsp3) is 0.238. The van der Waals surface area contributed by atoms with Crippen LogP contribution in [0, 0.1) is 19.7 Å². The van der Waals surface area contributed by atoms with Crippen LogP contribution in [0.25, 0.3) is 11.5 Å². The number of halogens is 1. The highest BCUT2D eigenvalue weighted by molar-refractivity contribution is 5.79. The smallest absolute Gasteiger partial charge is 0.226 e. The first-order valence-electron chi connectivity index (χ1n) is 8.76. The van der Waals surface area contributed by atoms with Gasteiger partial charge in [-0.15, -0.1) is 0 Å². The summed E-state index contributed by atoms with van der Waals surface area (Å²) < 4.78 is 19.2. The lowest BCUT2D eigenvalue weighted by molar-refractivity contribution is 0.572. The van der Waals surface area contributed by atoms with Crippen molar-refractivity contribution in [3.8, 4) is 11.5 Å². The van der Waals surface area contributed by atoms with Gasteiger partial charge in [-0.2, -0.15) is 0 Å². The lowest BCUT2D eigenvalue weighted by Crippen LogP contribution is -2.36. The van der Waals surface area contributed by atoms with Crippen molar-refractivity contribution in [1.82, 2.24) is 15.6 Å². The van der Waals surface area contributed by atoms with Crippen LogP contribution in [-0.4, -0.2) is 18.0 Å². The molecule has 0 radical (unpaired) electrons. The van der Waals surface area contributed by atoms with E-state index in [0.29, 0.717) is 30.5 Å². The molecule has 0 saturated heterocycles. The molecule has 6 heteroatoms. The van der Waals surface area contributed by atoms with Crippen molar-refractivity contribution in [2.24, 2.45) is 4.99 Å². The molecular formula is C21H23FN4O. The first-order valence-corrected chi connectivity index (χ1v) is 8.76. The molecule has 5 nitrogen and oxygen atoms in total. The molecule has 140 valence electrons. The third-order valence-corrected chi connectivity index (χ3v) is 4.21. The van der Waals surface area contributed by atoms with E-state index in [9.17, 15) is 4.39 Å². The third-order valence-electron chi connectivity index (χ3n) is 4.21. The fourth-order valence-corrected chi connectivity index (χ4v) is 2.54. The molecule has 0 amide bonds. The third kappa shape index (κ3) is 4.94. The zero-order valence-electron chi connectivity index (χ0n) is 15.7. The average molecular weight is 366 g/mol. The minimum absolute atomic E-state index is 0.205. The van der Waals surface area contributed by atoms with Crippen LogP contribution in [0.4, 0.5) is 4.39 Å². The van der Waals surface area contributed by atoms with Gasteiger partial charge in [0.1, 0.15) is 12.1 Å². The van der Waals surface area contributed by atoms with Gasteiger partial charge in [0.25, 0.3) is 0 Å². The Labute approximate surface area is 158 Å². The van der Waals surface area contributed by atoms with Crippen LogP contribution in [0.15, 0.2) is 58.1 Å². The Morgan fingerprint density at radius 1 is 1.07 bits per heavy atom. The molecule has 0 aliphatic rings. The second-order valence-electron chi connectivity index (χ2n) is 6.37. The SMILES string of the molecule is CN=C(NCc1ccc(C)c(F)c1)NCc1coc(-c2ccc(C)cc2)n1. The molecule has 2 aromatic carbocycles. The van der Waals surface area contributed by atoms with Crippen molar-refractivity contribution < 1.29 is 8.81 Å². The highest BCUT2D eigenvalue weighted by Crippen LogP contribution is 2.19. The standard InChI is InChI=1S/C21H23FN4O/c1-14-4-8-17(9-5-14)20-26-18(13-27-20)12-25-21(23-3)24-11-16-7-6-15(2)19(22)10-16/h4-10,13H,11-12H2,1-3H3,(H2,23,24,25). The van der Waals surface area contributed by atoms with Gasteiger partial charge in [0.2, 0.25) is 5.89 Å². The van der Waals surface area contributed by atoms with E-state index < -0.39 is 0 Å². The van der Waals surface area contributed by atoms with Crippen molar-refractivity contribution in [3.05, 3.63) is 76.9 Å². The topological polar surface area (TPSA) is 62.5 Å². The van der Waals surface area contributed by atoms with Crippen LogP contribution in [0.5, 0.6) is 0 Å². The molecule has 0 atom stereocenters. The number of aryl methyl sites for hydroxylation is 2. The molecule has 0 spiro atoms. The number of hydrogen-bond acceptors (Lipinski definition) is 3. The fourth-order valence-electron chi connectivity index (χ4n) is 2.54. The summed E-state index contributed by atoms with van der Waals surface area (Å²) in [5.41, 5.74) is 4.39. The number of oxazole rings is 1. The van der Waals surface area contributed by atoms with Crippen molar-refractivity contribution in [1.29, 1.82) is 0 Å². The zero-order valence-corrected chi connectivity index (χ0v) is 15.7. The average Bonchev–Trinajstić information content (AvgIpc) is 3.14. The number of rotatable bonds is 5. The Morgan fingerprint density at radius 2 is 1.81 bits per heavy atom. The maximum Gasteiger partial charge on any atom is 0.226 e. The minimum atomic E-state index is -0.205. The monoisotopic (exact) mass is 366 g/mol. The number of aromatic nitrogens is 1. The highest BCUT2D eigenvalue weighted by Gasteiger charge is 2.07. The van der Waals surface area contributed by atoms with E-state index >= 15 is 0 Å². The van der Waals surface area contributed by atoms with Crippen molar-refractivity contribution in [2.75, 3.05) is 7.05 Å². The second-order valence-corrected chi connectivity index (χ2v) is 6.37. The summed E-state index contributed by atoms with van der Waals surface area (Å²) in [6.07, 6.45) is 1.63. The molecule has 0 unspecified atom stereocenters. The summed E-state index contributed by atoms with van der Waals surface area (Å²) in [6.45, 7) is 4.73. The molecule has 0 fully saturated rings. The predicted molar refractivity (Wildman–Crippen MR) is 105 cm³/mol. The van der Waals surface area contributed by atoms with E-state index in [1.54, 1.807) is 26.3 Å². The summed E-state index contributed by atoms with van der Waals surface area (Å²) in [5.74, 6) is 0.990. The van der Waals surface area contributed by atoms with Gasteiger partial charge in [0.05, 0.1) is 12.2 Å². The summed E-state index contributed by atoms with van der Waals surface area (Å²) in [5, 5.41) is 6.34. The lowest BCUT2D eigenvalue weighted by atomic mass is 10.1. The van der Waals surface area contributed by atoms with Crippen molar-refractivity contribution in [3.63, 3.8) is 0 Å². The summed E-state index contributed by atoms with van der Waals surface area (Å²) in [7, 11) is 1.69. The molecule has 3 aromatic rings. The van der Waals surface area contributed by atoms with Gasteiger partial charge in [0.15, 0.2) is 5.96 Å². The van der Waals surface area contributed by atoms with Crippen molar-refractivity contribution in [2.45, 2.75) is 26.9 Å². The summed E-state index contributed by atoms with van der Waals surface area (Å²) >= 11 is 0. The molecule has 2 N–H and O–H groups in total. The Morgan fingerprint density at radius 3 is 2.52 bits per heavy atom. The normalized spacial score (nSPS) is 11.5. The number of hydrogen-bond donors (Lipinski definition) is 2. The second kappa shape index (κ2) is 8.49. The number of nitrogens with zero attached hydrogens (tertiary/aromatic N) is 2. The Hall–Kier alpha value is -3.15. The molecule has 27 heavy (non-hydrogen) atoms. The first kappa shape index (κ1) is 18.6. The van der Waals surface area contributed by atoms with Gasteiger partial charge in [0, 0.05) is 19.2 Å². The van der Waals surface area contributed by atoms with Crippen LogP contribution < -0.4 is 10.6 Å². The Bertz CT molecular complexity index is 932. The predicted octanol–water partition coefficient (Wildman–Crippen LogP) is 3.96. The summed E-state index contributed by atoms with van der Waals surface area (Å²) in [4.78, 5) is 8.67. The van der Waals surface area contributed by atoms with Gasteiger partial charge >= 0.3 is 0 Å². The molecule has 0 aliphatic heterocycles. The first-order chi connectivity index (χ1) is 13.0. The van der Waals surface area contributed by atoms with Crippen LogP contribution in [0.3, 0.4) is 0 Å². The summed E-state index contributed by atoms with van der Waals surface area (Å²) in [6, 6.07) is 13.2. The van der Waals surface area contributed by atoms with Crippen LogP contribution in [-0.2, 0) is 13.1 Å². The van der Waals surface area contributed by atoms with Crippen LogP contribution >= 0.6 is 0 Å². The Kier molecular flexibility index (Phi) is 5.86. The molecular weight excluding hydrogens is 343 g/mol. The van der Waals surface area contributed by atoms with Gasteiger partial charge in [-0.3, -0.25) is 4.99 Å². The van der Waals surface area contributed by atoms with E-state index in [4.69, 9.17) is 4.42 Å². The van der Waals surface area contributed by atoms with Gasteiger partial charge in [-0.05, 0) is 43.2 Å². The van der Waals surface area contributed by atoms with Crippen LogP contribution in [0.2, 0.25) is 0 Å². The van der Waals surface area contributed by atoms with Gasteiger partial charge < -0.3 is 15.1 Å². The van der Waals surface area contributed by atoms with Gasteiger partial charge in [-0.1, -0.05) is 29.8 Å². The highest BCUT2D eigenvalue weighted by atomic mass is 19.1. The number of aliphatic imine (C=N–C) groups is 1. The lowest BCUT2D eigenvalue weighted by Gasteiger charge is -2.11. The van der Waals surface area contributed by atoms with E-state index in [0.717, 1.165) is 16.8 Å². The maximum atomic E-state index is 13.6. The van der Waals surface area contributed by atoms with Gasteiger partial charge in [-0.25, -0.2) is 9.37 Å². The van der Waals surface area contributed by atoms with Crippen molar-refractivity contribution >= 4 is 5.96 Å². The Balaban J connectivity index is 1.55. The quantitative estimate of drug-likeness (QED) is 0.530. The molecule has 0 aliphatic carbocycles. The van der Waals surface area contributed by atoms with Crippen LogP contribution in [0.1, 0.15) is 22.4 Å². The van der Waals surface area contributed by atoms with E-state index in [1.165, 1.54) is 11.6 Å². The maximum absolute atomic E-state index is 13.6. The molecule has 1 heterocycles. The van der Waals surface area contributed by atoms with E-state index in [1.807, 2.05) is 37.3 Å². The number of benzene rings is 2. The van der Waals surface area contributed by atoms with E-state index in [2.05, 4.69) is 20.6 Å². The van der Waals surface area contributed by atoms with E-state index in [-0.39, 0.29) is 5.82 Å². The molecule has 0 saturated carbocycles. The zero-order chi connectivity index (χ0) is 19.2. The molecule has 0 bridgehead atoms. The minimum Gasteiger partial charge on any atom is -0.444 e. The number of guanidine groups is 1. The molecule has 3 rings (SSSR count).